The molecule has 5 nitrogen and oxygen atoms in total. The van der Waals surface area contributed by atoms with Gasteiger partial charge in [0.25, 0.3) is 0 Å². The minimum atomic E-state index is -0.748. The van der Waals surface area contributed by atoms with Gasteiger partial charge in [-0.3, -0.25) is 0 Å². The number of ether oxygens (including phenoxy) is 1. The summed E-state index contributed by atoms with van der Waals surface area (Å²) in [6, 6.07) is 9.83. The molecule has 138 valence electrons. The molecule has 0 aliphatic heterocycles. The normalized spacial score (nSPS) is 20.7. The zero-order chi connectivity index (χ0) is 17.8. The Hall–Kier alpha value is -1.59. The van der Waals surface area contributed by atoms with Crippen molar-refractivity contribution in [3.05, 3.63) is 35.9 Å². The van der Waals surface area contributed by atoms with Crippen LogP contribution in [0.25, 0.3) is 0 Å². The predicted octanol–water partition coefficient (Wildman–Crippen LogP) is 3.07. The molecule has 5 heteroatoms. The quantitative estimate of drug-likeness (QED) is 0.797. The topological polar surface area (TPSA) is 61.8 Å². The van der Waals surface area contributed by atoms with E-state index in [1.807, 2.05) is 30.3 Å². The number of rotatable bonds is 7. The van der Waals surface area contributed by atoms with Gasteiger partial charge in [0.2, 0.25) is 0 Å². The van der Waals surface area contributed by atoms with Crippen LogP contribution in [0.3, 0.4) is 0 Å². The maximum atomic E-state index is 12.8. The Kier molecular flexibility index (Phi) is 5.64. The van der Waals surface area contributed by atoms with Crippen LogP contribution < -0.4 is 5.32 Å². The Morgan fingerprint density at radius 2 is 1.84 bits per heavy atom. The third kappa shape index (κ3) is 4.53. The van der Waals surface area contributed by atoms with Crippen molar-refractivity contribution in [3.8, 4) is 0 Å². The van der Waals surface area contributed by atoms with Crippen molar-refractivity contribution in [2.45, 2.75) is 62.7 Å². The maximum Gasteiger partial charge on any atom is 0.317 e. The lowest BCUT2D eigenvalue weighted by molar-refractivity contribution is -0.0682. The van der Waals surface area contributed by atoms with Crippen LogP contribution in [0.15, 0.2) is 30.3 Å². The van der Waals surface area contributed by atoms with Gasteiger partial charge in [0.1, 0.15) is 0 Å². The maximum absolute atomic E-state index is 12.8. The van der Waals surface area contributed by atoms with Gasteiger partial charge in [-0.1, -0.05) is 43.2 Å². The average Bonchev–Trinajstić information content (AvgIpc) is 3.01. The van der Waals surface area contributed by atoms with Crippen molar-refractivity contribution in [2.75, 3.05) is 20.2 Å². The van der Waals surface area contributed by atoms with Crippen molar-refractivity contribution >= 4 is 6.03 Å². The number of hydrogen-bond donors (Lipinski definition) is 2. The molecule has 2 N–H and O–H groups in total. The molecule has 0 heterocycles. The number of benzene rings is 1. The lowest BCUT2D eigenvalue weighted by atomic mass is 9.80. The first-order valence-corrected chi connectivity index (χ1v) is 9.39. The molecule has 2 saturated carbocycles. The van der Waals surface area contributed by atoms with Gasteiger partial charge in [-0.15, -0.1) is 0 Å². The monoisotopic (exact) mass is 346 g/mol. The minimum Gasteiger partial charge on any atom is -0.388 e. The van der Waals surface area contributed by atoms with E-state index in [2.05, 4.69) is 5.32 Å². The van der Waals surface area contributed by atoms with Crippen LogP contribution in [-0.2, 0) is 11.3 Å². The highest BCUT2D eigenvalue weighted by molar-refractivity contribution is 5.74. The zero-order valence-corrected chi connectivity index (χ0v) is 15.2. The Morgan fingerprint density at radius 1 is 1.16 bits per heavy atom. The van der Waals surface area contributed by atoms with E-state index in [0.29, 0.717) is 19.6 Å². The fourth-order valence-corrected chi connectivity index (χ4v) is 3.92. The highest BCUT2D eigenvalue weighted by Gasteiger charge is 2.38. The van der Waals surface area contributed by atoms with E-state index in [0.717, 1.165) is 50.5 Å². The van der Waals surface area contributed by atoms with E-state index >= 15 is 0 Å². The molecule has 0 unspecified atom stereocenters. The number of urea groups is 1. The summed E-state index contributed by atoms with van der Waals surface area (Å²) in [7, 11) is 1.72. The SMILES string of the molecule is COC1(CNC(=O)N(Cc2ccccc2)CC2(O)CCCC2)CCC1. The summed E-state index contributed by atoms with van der Waals surface area (Å²) in [6.45, 7) is 1.43. The molecule has 1 aromatic carbocycles. The number of nitrogens with one attached hydrogen (secondary N) is 1. The molecule has 0 saturated heterocycles. The van der Waals surface area contributed by atoms with Crippen LogP contribution in [0.1, 0.15) is 50.5 Å². The van der Waals surface area contributed by atoms with Crippen molar-refractivity contribution < 1.29 is 14.6 Å². The number of hydrogen-bond acceptors (Lipinski definition) is 3. The van der Waals surface area contributed by atoms with Gasteiger partial charge in [0.15, 0.2) is 0 Å². The summed E-state index contributed by atoms with van der Waals surface area (Å²) < 4.78 is 5.59. The van der Waals surface area contributed by atoms with Crippen molar-refractivity contribution in [1.29, 1.82) is 0 Å². The second-order valence-electron chi connectivity index (χ2n) is 7.67. The number of carbonyl (C=O) groups is 1. The van der Waals surface area contributed by atoms with Gasteiger partial charge in [-0.25, -0.2) is 4.79 Å². The molecule has 0 bridgehead atoms. The van der Waals surface area contributed by atoms with Crippen LogP contribution >= 0.6 is 0 Å². The Bertz CT molecular complexity index is 560. The van der Waals surface area contributed by atoms with Crippen LogP contribution in [0, 0.1) is 0 Å². The Balaban J connectivity index is 1.65. The smallest absolute Gasteiger partial charge is 0.317 e. The first-order valence-electron chi connectivity index (χ1n) is 9.39. The Labute approximate surface area is 150 Å². The summed E-state index contributed by atoms with van der Waals surface area (Å²) in [6.07, 6.45) is 6.74. The van der Waals surface area contributed by atoms with Crippen molar-refractivity contribution in [2.24, 2.45) is 0 Å². The molecule has 25 heavy (non-hydrogen) atoms. The first-order chi connectivity index (χ1) is 12.0. The zero-order valence-electron chi connectivity index (χ0n) is 15.2. The highest BCUT2D eigenvalue weighted by atomic mass is 16.5. The second-order valence-corrected chi connectivity index (χ2v) is 7.67. The summed E-state index contributed by atoms with van der Waals surface area (Å²) in [5.74, 6) is 0. The second kappa shape index (κ2) is 7.75. The molecular formula is C20H30N2O3. The van der Waals surface area contributed by atoms with Gasteiger partial charge in [-0.2, -0.15) is 0 Å². The Morgan fingerprint density at radius 3 is 2.40 bits per heavy atom. The molecule has 0 aromatic heterocycles. The fraction of sp³-hybridized carbons (Fsp3) is 0.650. The van der Waals surface area contributed by atoms with E-state index in [1.165, 1.54) is 0 Å². The lowest BCUT2D eigenvalue weighted by Crippen LogP contribution is -2.54. The average molecular weight is 346 g/mol. The summed E-state index contributed by atoms with van der Waals surface area (Å²) >= 11 is 0. The molecule has 0 spiro atoms. The van der Waals surface area contributed by atoms with E-state index in [4.69, 9.17) is 4.74 Å². The fourth-order valence-electron chi connectivity index (χ4n) is 3.92. The number of amides is 2. The van der Waals surface area contributed by atoms with Gasteiger partial charge in [-0.05, 0) is 37.7 Å². The van der Waals surface area contributed by atoms with Crippen LogP contribution in [0.5, 0.6) is 0 Å². The number of methoxy groups -OCH3 is 1. The molecule has 2 aliphatic rings. The largest absolute Gasteiger partial charge is 0.388 e. The van der Waals surface area contributed by atoms with Crippen LogP contribution in [0.4, 0.5) is 4.79 Å². The highest BCUT2D eigenvalue weighted by Crippen LogP contribution is 2.34. The standard InChI is InChI=1S/C20H30N2O3/c1-25-20(12-7-13-20)15-21-18(23)22(14-17-8-3-2-4-9-17)16-19(24)10-5-6-11-19/h2-4,8-9,24H,5-7,10-16H2,1H3,(H,21,23). The van der Waals surface area contributed by atoms with Crippen molar-refractivity contribution in [3.63, 3.8) is 0 Å². The molecule has 2 amide bonds. The van der Waals surface area contributed by atoms with E-state index in [-0.39, 0.29) is 11.6 Å². The molecule has 0 atom stereocenters. The molecule has 0 radical (unpaired) electrons. The lowest BCUT2D eigenvalue weighted by Gasteiger charge is -2.41. The summed E-state index contributed by atoms with van der Waals surface area (Å²) in [5, 5.41) is 13.8. The molecule has 1 aromatic rings. The van der Waals surface area contributed by atoms with Gasteiger partial charge in [0, 0.05) is 20.2 Å². The number of aliphatic hydroxyl groups is 1. The number of nitrogens with zero attached hydrogens (tertiary/aromatic N) is 1. The molecular weight excluding hydrogens is 316 g/mol. The van der Waals surface area contributed by atoms with Crippen LogP contribution in [0.2, 0.25) is 0 Å². The van der Waals surface area contributed by atoms with Crippen LogP contribution in [-0.4, -0.2) is 47.4 Å². The molecule has 2 fully saturated rings. The van der Waals surface area contributed by atoms with Crippen molar-refractivity contribution in [1.82, 2.24) is 10.2 Å². The predicted molar refractivity (Wildman–Crippen MR) is 97.3 cm³/mol. The third-order valence-electron chi connectivity index (χ3n) is 5.78. The van der Waals surface area contributed by atoms with E-state index in [9.17, 15) is 9.90 Å². The van der Waals surface area contributed by atoms with Gasteiger partial charge >= 0.3 is 6.03 Å². The third-order valence-corrected chi connectivity index (χ3v) is 5.78. The summed E-state index contributed by atoms with van der Waals surface area (Å²) in [5.41, 5.74) is 0.129. The molecule has 2 aliphatic carbocycles. The van der Waals surface area contributed by atoms with Gasteiger partial charge in [0.05, 0.1) is 17.7 Å². The minimum absolute atomic E-state index is 0.118. The van der Waals surface area contributed by atoms with Gasteiger partial charge < -0.3 is 20.1 Å². The van der Waals surface area contributed by atoms with E-state index in [1.54, 1.807) is 12.0 Å². The summed E-state index contributed by atoms with van der Waals surface area (Å²) in [4.78, 5) is 14.6. The number of carbonyl (C=O) groups excluding carboxylic acids is 1. The van der Waals surface area contributed by atoms with E-state index < -0.39 is 5.60 Å². The molecule has 3 rings (SSSR count). The first kappa shape index (κ1) is 18.2.